The van der Waals surface area contributed by atoms with Gasteiger partial charge in [0.15, 0.2) is 0 Å². The van der Waals surface area contributed by atoms with Gasteiger partial charge in [0.25, 0.3) is 0 Å². The summed E-state index contributed by atoms with van der Waals surface area (Å²) in [6, 6.07) is 1.18. The second-order valence-corrected chi connectivity index (χ2v) is 14.0. The van der Waals surface area contributed by atoms with Crippen LogP contribution >= 0.6 is 15.9 Å². The molecule has 1 unspecified atom stereocenters. The van der Waals surface area contributed by atoms with Crippen molar-refractivity contribution in [2.45, 2.75) is 113 Å². The topological polar surface area (TPSA) is 126 Å². The van der Waals surface area contributed by atoms with Crippen molar-refractivity contribution in [3.63, 3.8) is 0 Å². The molecule has 1 rings (SSSR count). The number of anilines is 1. The zero-order chi connectivity index (χ0) is 32.8. The van der Waals surface area contributed by atoms with Crippen LogP contribution in [0.3, 0.4) is 0 Å². The van der Waals surface area contributed by atoms with Crippen LogP contribution in [-0.2, 0) is 23.9 Å². The maximum Gasteiger partial charge on any atom is 0.242 e. The molecule has 0 saturated heterocycles. The predicted molar refractivity (Wildman–Crippen MR) is 177 cm³/mol. The molecule has 0 saturated carbocycles. The van der Waals surface area contributed by atoms with Crippen LogP contribution in [-0.4, -0.2) is 56.0 Å². The second-order valence-electron chi connectivity index (χ2n) is 13.2. The van der Waals surface area contributed by atoms with E-state index in [0.29, 0.717) is 39.1 Å². The Labute approximate surface area is 267 Å². The van der Waals surface area contributed by atoms with E-state index in [-0.39, 0.29) is 47.3 Å². The van der Waals surface area contributed by atoms with Crippen molar-refractivity contribution >= 4 is 45.2 Å². The predicted octanol–water partition coefficient (Wildman–Crippen LogP) is 5.87. The van der Waals surface area contributed by atoms with Crippen molar-refractivity contribution < 1.29 is 23.9 Å². The molecular weight excluding hydrogens is 612 g/mol. The Morgan fingerprint density at radius 3 is 2.02 bits per heavy atom. The Morgan fingerprint density at radius 1 is 0.837 bits per heavy atom. The van der Waals surface area contributed by atoms with E-state index in [4.69, 9.17) is 4.74 Å². The molecule has 4 N–H and O–H groups in total. The van der Waals surface area contributed by atoms with Crippen LogP contribution in [0.2, 0.25) is 0 Å². The summed E-state index contributed by atoms with van der Waals surface area (Å²) in [5.74, 6) is -0.721. The van der Waals surface area contributed by atoms with E-state index in [1.165, 1.54) is 0 Å². The van der Waals surface area contributed by atoms with Crippen molar-refractivity contribution in [1.82, 2.24) is 16.0 Å². The zero-order valence-electron chi connectivity index (χ0n) is 27.9. The van der Waals surface area contributed by atoms with Crippen LogP contribution in [0.4, 0.5) is 5.69 Å². The van der Waals surface area contributed by atoms with Gasteiger partial charge in [-0.3, -0.25) is 19.2 Å². The van der Waals surface area contributed by atoms with E-state index in [1.807, 2.05) is 61.5 Å². The molecule has 0 bridgehead atoms. The smallest absolute Gasteiger partial charge is 0.242 e. The minimum atomic E-state index is -0.829. The number of hydrogen-bond acceptors (Lipinski definition) is 5. The van der Waals surface area contributed by atoms with Crippen molar-refractivity contribution in [3.05, 3.63) is 27.2 Å². The molecule has 0 aliphatic carbocycles. The first-order chi connectivity index (χ1) is 20.0. The first kappa shape index (κ1) is 38.6. The summed E-state index contributed by atoms with van der Waals surface area (Å²) in [4.78, 5) is 50.5. The summed E-state index contributed by atoms with van der Waals surface area (Å²) in [6.45, 7) is 19.6. The third kappa shape index (κ3) is 14.7. The summed E-state index contributed by atoms with van der Waals surface area (Å²) in [6.07, 6.45) is 3.72. The van der Waals surface area contributed by atoms with Crippen LogP contribution in [0.1, 0.15) is 103 Å². The third-order valence-electron chi connectivity index (χ3n) is 7.27. The Hall–Kier alpha value is -2.46. The van der Waals surface area contributed by atoms with Gasteiger partial charge in [-0.2, -0.15) is 0 Å². The lowest BCUT2D eigenvalue weighted by molar-refractivity contribution is -0.130. The van der Waals surface area contributed by atoms with Crippen LogP contribution < -0.4 is 21.3 Å². The minimum Gasteiger partial charge on any atom is -0.380 e. The lowest BCUT2D eigenvalue weighted by Crippen LogP contribution is -2.49. The number of rotatable bonds is 19. The Bertz CT molecular complexity index is 1100. The summed E-state index contributed by atoms with van der Waals surface area (Å²) in [7, 11) is 0. The molecule has 244 valence electrons. The van der Waals surface area contributed by atoms with Crippen LogP contribution in [0.25, 0.3) is 0 Å². The van der Waals surface area contributed by atoms with Crippen LogP contribution in [0.15, 0.2) is 10.5 Å². The lowest BCUT2D eigenvalue weighted by atomic mass is 9.92. The van der Waals surface area contributed by atoms with Gasteiger partial charge < -0.3 is 26.0 Å². The number of amides is 4. The highest BCUT2D eigenvalue weighted by Crippen LogP contribution is 2.31. The number of benzene rings is 1. The normalized spacial score (nSPS) is 12.4. The van der Waals surface area contributed by atoms with Gasteiger partial charge in [0.05, 0.1) is 13.2 Å². The van der Waals surface area contributed by atoms with Crippen molar-refractivity contribution in [3.8, 4) is 0 Å². The standard InChI is InChI=1S/C33H55BrN4O5/c1-10-12-13-14-27(40)37-25(15-16-28(41)38-30-23(4)17-22(3)29(34)24(30)5)31(42)36-19-33(8,9)21-43-20-32(6,7)18-35-26(39)11-2/h17,25H,10-16,18-21H2,1-9H3,(H,35,39)(H,36,42)(H,37,40)(H,38,41). The van der Waals surface area contributed by atoms with Crippen molar-refractivity contribution in [1.29, 1.82) is 0 Å². The van der Waals surface area contributed by atoms with Gasteiger partial charge >= 0.3 is 0 Å². The van der Waals surface area contributed by atoms with Gasteiger partial charge in [-0.25, -0.2) is 0 Å². The number of ether oxygens (including phenoxy) is 1. The molecule has 0 radical (unpaired) electrons. The Morgan fingerprint density at radius 2 is 1.44 bits per heavy atom. The van der Waals surface area contributed by atoms with Crippen LogP contribution in [0, 0.1) is 31.6 Å². The number of nitrogens with one attached hydrogen (secondary N) is 4. The molecule has 1 aromatic carbocycles. The molecule has 0 heterocycles. The van der Waals surface area contributed by atoms with Crippen molar-refractivity contribution in [2.75, 3.05) is 31.6 Å². The summed E-state index contributed by atoms with van der Waals surface area (Å²) in [5, 5.41) is 11.7. The molecule has 10 heteroatoms. The van der Waals surface area contributed by atoms with E-state index in [0.717, 1.165) is 46.1 Å². The minimum absolute atomic E-state index is 0.00839. The molecule has 0 aliphatic rings. The molecule has 1 atom stereocenters. The van der Waals surface area contributed by atoms with Gasteiger partial charge in [0.1, 0.15) is 6.04 Å². The molecule has 9 nitrogen and oxygen atoms in total. The monoisotopic (exact) mass is 666 g/mol. The molecule has 0 aromatic heterocycles. The molecule has 0 spiro atoms. The summed E-state index contributed by atoms with van der Waals surface area (Å²) in [5.41, 5.74) is 3.15. The van der Waals surface area contributed by atoms with E-state index in [1.54, 1.807) is 0 Å². The van der Waals surface area contributed by atoms with E-state index < -0.39 is 6.04 Å². The van der Waals surface area contributed by atoms with Gasteiger partial charge in [0.2, 0.25) is 23.6 Å². The average molecular weight is 668 g/mol. The SMILES string of the molecule is CCCCCC(=O)NC(CCC(=O)Nc1c(C)cc(C)c(Br)c1C)C(=O)NCC(C)(C)COCC(C)(C)CNC(=O)CC. The zero-order valence-corrected chi connectivity index (χ0v) is 29.4. The molecule has 0 aliphatic heterocycles. The van der Waals surface area contributed by atoms with E-state index in [9.17, 15) is 19.2 Å². The molecule has 43 heavy (non-hydrogen) atoms. The first-order valence-corrected chi connectivity index (χ1v) is 16.3. The van der Waals surface area contributed by atoms with Gasteiger partial charge in [-0.05, 0) is 50.3 Å². The second kappa shape index (κ2) is 18.4. The van der Waals surface area contributed by atoms with Crippen LogP contribution in [0.5, 0.6) is 0 Å². The average Bonchev–Trinajstić information content (AvgIpc) is 2.93. The highest BCUT2D eigenvalue weighted by molar-refractivity contribution is 9.10. The van der Waals surface area contributed by atoms with E-state index >= 15 is 0 Å². The summed E-state index contributed by atoms with van der Waals surface area (Å²) < 4.78 is 6.93. The molecule has 1 aromatic rings. The Kier molecular flexibility index (Phi) is 16.5. The summed E-state index contributed by atoms with van der Waals surface area (Å²) >= 11 is 3.59. The fraction of sp³-hybridized carbons (Fsp3) is 0.697. The number of carbonyl (C=O) groups is 4. The first-order valence-electron chi connectivity index (χ1n) is 15.5. The Balaban J connectivity index is 2.79. The van der Waals surface area contributed by atoms with Gasteiger partial charge in [-0.15, -0.1) is 0 Å². The fourth-order valence-electron chi connectivity index (χ4n) is 4.52. The number of unbranched alkanes of at least 4 members (excludes halogenated alkanes) is 2. The largest absolute Gasteiger partial charge is 0.380 e. The highest BCUT2D eigenvalue weighted by Gasteiger charge is 2.27. The molecule has 4 amide bonds. The lowest BCUT2D eigenvalue weighted by Gasteiger charge is -2.30. The number of hydrogen-bond donors (Lipinski definition) is 4. The van der Waals surface area contributed by atoms with E-state index in [2.05, 4.69) is 44.1 Å². The number of aryl methyl sites for hydroxylation is 2. The molecular formula is C33H55BrN4O5. The highest BCUT2D eigenvalue weighted by atomic mass is 79.9. The maximum atomic E-state index is 13.3. The fourth-order valence-corrected chi connectivity index (χ4v) is 4.83. The third-order valence-corrected chi connectivity index (χ3v) is 8.49. The van der Waals surface area contributed by atoms with Gasteiger partial charge in [0, 0.05) is 53.3 Å². The van der Waals surface area contributed by atoms with Crippen molar-refractivity contribution in [2.24, 2.45) is 10.8 Å². The number of halogens is 1. The molecule has 0 fully saturated rings. The number of carbonyl (C=O) groups excluding carboxylic acids is 4. The quantitative estimate of drug-likeness (QED) is 0.137. The maximum absolute atomic E-state index is 13.3. The van der Waals surface area contributed by atoms with Gasteiger partial charge in [-0.1, -0.05) is 76.4 Å².